The van der Waals surface area contributed by atoms with Gasteiger partial charge in [-0.3, -0.25) is 0 Å². The highest BCUT2D eigenvalue weighted by molar-refractivity contribution is 7.89. The zero-order valence-corrected chi connectivity index (χ0v) is 12.0. The summed E-state index contributed by atoms with van der Waals surface area (Å²) in [5.74, 6) is 5.51. The predicted molar refractivity (Wildman–Crippen MR) is 75.0 cm³/mol. The third-order valence-corrected chi connectivity index (χ3v) is 4.26. The molecule has 0 atom stereocenters. The standard InChI is InChI=1S/C14H13N3O3S/c15-8-10-17(11-9-16)21(19,20)14-6-4-13(5-7-14)3-1-2-12-18/h4-7,18H,2,10-12H2. The first-order valence-corrected chi connectivity index (χ1v) is 7.44. The molecule has 0 bridgehead atoms. The first-order chi connectivity index (χ1) is 10.1. The van der Waals surface area contributed by atoms with Crippen LogP contribution < -0.4 is 0 Å². The van der Waals surface area contributed by atoms with E-state index in [1.807, 2.05) is 0 Å². The van der Waals surface area contributed by atoms with Gasteiger partial charge >= 0.3 is 0 Å². The summed E-state index contributed by atoms with van der Waals surface area (Å²) in [6.07, 6.45) is 0.345. The van der Waals surface area contributed by atoms with E-state index < -0.39 is 10.0 Å². The highest BCUT2D eigenvalue weighted by Crippen LogP contribution is 2.15. The van der Waals surface area contributed by atoms with Gasteiger partial charge in [0.2, 0.25) is 10.0 Å². The number of aliphatic hydroxyl groups excluding tert-OH is 1. The van der Waals surface area contributed by atoms with Crippen LogP contribution in [0.3, 0.4) is 0 Å². The van der Waals surface area contributed by atoms with E-state index in [1.165, 1.54) is 24.3 Å². The number of nitrogens with zero attached hydrogens (tertiary/aromatic N) is 3. The van der Waals surface area contributed by atoms with E-state index in [0.29, 0.717) is 12.0 Å². The Morgan fingerprint density at radius 3 is 2.14 bits per heavy atom. The van der Waals surface area contributed by atoms with Gasteiger partial charge in [0.15, 0.2) is 0 Å². The Bertz CT molecular complexity index is 700. The third kappa shape index (κ3) is 4.59. The van der Waals surface area contributed by atoms with Gasteiger partial charge in [0, 0.05) is 12.0 Å². The molecule has 0 radical (unpaired) electrons. The lowest BCUT2D eigenvalue weighted by Crippen LogP contribution is -2.31. The van der Waals surface area contributed by atoms with Crippen LogP contribution in [-0.2, 0) is 10.0 Å². The van der Waals surface area contributed by atoms with Gasteiger partial charge in [-0.05, 0) is 24.3 Å². The number of hydrogen-bond acceptors (Lipinski definition) is 5. The van der Waals surface area contributed by atoms with Gasteiger partial charge in [0.25, 0.3) is 0 Å². The smallest absolute Gasteiger partial charge is 0.244 e. The van der Waals surface area contributed by atoms with Crippen molar-refractivity contribution < 1.29 is 13.5 Å². The SMILES string of the molecule is N#CCN(CC#N)S(=O)(=O)c1ccc(C#CCCO)cc1. The Hall–Kier alpha value is -2.37. The van der Waals surface area contributed by atoms with Crippen molar-refractivity contribution in [2.24, 2.45) is 0 Å². The molecule has 108 valence electrons. The Kier molecular flexibility index (Phi) is 6.39. The molecule has 0 unspecified atom stereocenters. The number of hydrogen-bond donors (Lipinski definition) is 1. The van der Waals surface area contributed by atoms with Crippen LogP contribution in [0, 0.1) is 34.5 Å². The maximum atomic E-state index is 12.2. The Labute approximate surface area is 123 Å². The molecule has 1 N–H and O–H groups in total. The van der Waals surface area contributed by atoms with Crippen molar-refractivity contribution in [2.75, 3.05) is 19.7 Å². The summed E-state index contributed by atoms with van der Waals surface area (Å²) in [5.41, 5.74) is 0.620. The van der Waals surface area contributed by atoms with Gasteiger partial charge in [-0.2, -0.15) is 14.8 Å². The zero-order valence-electron chi connectivity index (χ0n) is 11.2. The van der Waals surface area contributed by atoms with Crippen molar-refractivity contribution >= 4 is 10.0 Å². The van der Waals surface area contributed by atoms with E-state index in [1.54, 1.807) is 12.1 Å². The summed E-state index contributed by atoms with van der Waals surface area (Å²) in [7, 11) is -3.87. The van der Waals surface area contributed by atoms with Gasteiger partial charge in [-0.15, -0.1) is 0 Å². The summed E-state index contributed by atoms with van der Waals surface area (Å²) < 4.78 is 25.3. The Morgan fingerprint density at radius 1 is 1.10 bits per heavy atom. The molecule has 21 heavy (non-hydrogen) atoms. The van der Waals surface area contributed by atoms with Crippen LogP contribution in [-0.4, -0.2) is 37.5 Å². The van der Waals surface area contributed by atoms with E-state index in [-0.39, 0.29) is 24.6 Å². The van der Waals surface area contributed by atoms with Crippen LogP contribution in [0.4, 0.5) is 0 Å². The summed E-state index contributed by atoms with van der Waals surface area (Å²) >= 11 is 0. The number of nitriles is 2. The number of sulfonamides is 1. The molecular formula is C14H13N3O3S. The second-order valence-electron chi connectivity index (χ2n) is 3.89. The summed E-state index contributed by atoms with van der Waals surface area (Å²) in [5, 5.41) is 25.9. The quantitative estimate of drug-likeness (QED) is 0.628. The summed E-state index contributed by atoms with van der Waals surface area (Å²) in [4.78, 5) is 0.000656. The predicted octanol–water partition coefficient (Wildman–Crippen LogP) is 0.458. The number of aliphatic hydroxyl groups is 1. The molecule has 0 aromatic heterocycles. The first-order valence-electron chi connectivity index (χ1n) is 6.00. The Morgan fingerprint density at radius 2 is 1.67 bits per heavy atom. The van der Waals surface area contributed by atoms with Crippen molar-refractivity contribution in [1.82, 2.24) is 4.31 Å². The van der Waals surface area contributed by atoms with Gasteiger partial charge in [-0.25, -0.2) is 8.42 Å². The van der Waals surface area contributed by atoms with Gasteiger partial charge in [0.05, 0.1) is 23.6 Å². The monoisotopic (exact) mass is 303 g/mol. The molecular weight excluding hydrogens is 290 g/mol. The topological polar surface area (TPSA) is 105 Å². The van der Waals surface area contributed by atoms with Crippen molar-refractivity contribution in [2.45, 2.75) is 11.3 Å². The van der Waals surface area contributed by atoms with Crippen molar-refractivity contribution in [3.05, 3.63) is 29.8 Å². The van der Waals surface area contributed by atoms with Crippen LogP contribution in [0.25, 0.3) is 0 Å². The van der Waals surface area contributed by atoms with E-state index in [2.05, 4.69) is 11.8 Å². The Balaban J connectivity index is 3.03. The molecule has 0 saturated heterocycles. The largest absolute Gasteiger partial charge is 0.395 e. The number of rotatable bonds is 5. The molecule has 1 aromatic rings. The molecule has 1 rings (SSSR count). The average Bonchev–Trinajstić information content (AvgIpc) is 2.48. The van der Waals surface area contributed by atoms with Gasteiger partial charge < -0.3 is 5.11 Å². The first kappa shape index (κ1) is 16.7. The van der Waals surface area contributed by atoms with E-state index in [9.17, 15) is 8.42 Å². The van der Waals surface area contributed by atoms with Gasteiger partial charge in [0.1, 0.15) is 13.1 Å². The molecule has 0 spiro atoms. The molecule has 0 aliphatic rings. The summed E-state index contributed by atoms with van der Waals surface area (Å²) in [6.45, 7) is -0.793. The fourth-order valence-electron chi connectivity index (χ4n) is 1.46. The van der Waals surface area contributed by atoms with Crippen LogP contribution >= 0.6 is 0 Å². The van der Waals surface area contributed by atoms with Crippen LogP contribution in [0.2, 0.25) is 0 Å². The van der Waals surface area contributed by atoms with Crippen molar-refractivity contribution in [3.8, 4) is 24.0 Å². The molecule has 0 amide bonds. The van der Waals surface area contributed by atoms with Crippen LogP contribution in [0.5, 0.6) is 0 Å². The third-order valence-electron chi connectivity index (χ3n) is 2.46. The lowest BCUT2D eigenvalue weighted by Gasteiger charge is -2.15. The van der Waals surface area contributed by atoms with E-state index >= 15 is 0 Å². The minimum absolute atomic E-state index is 0.000656. The van der Waals surface area contributed by atoms with E-state index in [0.717, 1.165) is 4.31 Å². The molecule has 0 heterocycles. The zero-order chi connectivity index (χ0) is 15.7. The van der Waals surface area contributed by atoms with Crippen molar-refractivity contribution in [3.63, 3.8) is 0 Å². The fraction of sp³-hybridized carbons (Fsp3) is 0.286. The lowest BCUT2D eigenvalue weighted by molar-refractivity contribution is 0.305. The van der Waals surface area contributed by atoms with Gasteiger partial charge in [-0.1, -0.05) is 11.8 Å². The maximum Gasteiger partial charge on any atom is 0.244 e. The maximum absolute atomic E-state index is 12.2. The second-order valence-corrected chi connectivity index (χ2v) is 5.83. The molecule has 0 fully saturated rings. The van der Waals surface area contributed by atoms with Crippen LogP contribution in [0.1, 0.15) is 12.0 Å². The number of benzene rings is 1. The average molecular weight is 303 g/mol. The minimum atomic E-state index is -3.87. The highest BCUT2D eigenvalue weighted by Gasteiger charge is 2.23. The molecule has 1 aromatic carbocycles. The normalized spacial score (nSPS) is 10.3. The molecule has 0 saturated carbocycles. The second kappa shape index (κ2) is 8.04. The van der Waals surface area contributed by atoms with Crippen molar-refractivity contribution in [1.29, 1.82) is 10.5 Å². The molecule has 0 aliphatic carbocycles. The molecule has 0 aliphatic heterocycles. The molecule has 7 heteroatoms. The highest BCUT2D eigenvalue weighted by atomic mass is 32.2. The van der Waals surface area contributed by atoms with Crippen LogP contribution in [0.15, 0.2) is 29.2 Å². The fourth-order valence-corrected chi connectivity index (χ4v) is 2.70. The lowest BCUT2D eigenvalue weighted by atomic mass is 10.2. The summed E-state index contributed by atoms with van der Waals surface area (Å²) in [6, 6.07) is 9.27. The molecule has 6 nitrogen and oxygen atoms in total. The van der Waals surface area contributed by atoms with E-state index in [4.69, 9.17) is 15.6 Å². The minimum Gasteiger partial charge on any atom is -0.395 e.